The summed E-state index contributed by atoms with van der Waals surface area (Å²) in [5.41, 5.74) is 0.556. The number of halogens is 4. The van der Waals surface area contributed by atoms with Crippen LogP contribution in [0, 0.1) is 0 Å². The molecular weight excluding hydrogens is 255 g/mol. The van der Waals surface area contributed by atoms with Gasteiger partial charge in [0.2, 0.25) is 0 Å². The monoisotopic (exact) mass is 265 g/mol. The maximum absolute atomic E-state index is 13.6. The maximum atomic E-state index is 13.6. The Balaban J connectivity index is 2.31. The van der Waals surface area contributed by atoms with Crippen LogP contribution in [0.4, 0.5) is 8.78 Å². The molecule has 2 rings (SSSR count). The van der Waals surface area contributed by atoms with Crippen molar-refractivity contribution in [3.63, 3.8) is 0 Å². The van der Waals surface area contributed by atoms with E-state index < -0.39 is 11.8 Å². The fraction of sp³-hybridized carbons (Fsp3) is 0.455. The third kappa shape index (κ3) is 2.31. The summed E-state index contributed by atoms with van der Waals surface area (Å²) in [6, 6.07) is 4.73. The summed E-state index contributed by atoms with van der Waals surface area (Å²) in [6.45, 7) is 0.318. The Bertz CT molecular complexity index is 396. The van der Waals surface area contributed by atoms with Crippen LogP contribution in [0.25, 0.3) is 0 Å². The van der Waals surface area contributed by atoms with Crippen LogP contribution in [-0.2, 0) is 0 Å². The highest BCUT2D eigenvalue weighted by Crippen LogP contribution is 2.39. The van der Waals surface area contributed by atoms with E-state index in [0.29, 0.717) is 28.6 Å². The van der Waals surface area contributed by atoms with Crippen LogP contribution >= 0.6 is 23.2 Å². The first-order valence-electron chi connectivity index (χ1n) is 5.04. The van der Waals surface area contributed by atoms with Gasteiger partial charge in [0.1, 0.15) is 0 Å². The van der Waals surface area contributed by atoms with Crippen molar-refractivity contribution >= 4 is 23.2 Å². The molecular formula is C11H11Cl2F2N. The lowest BCUT2D eigenvalue weighted by Crippen LogP contribution is -2.44. The van der Waals surface area contributed by atoms with Crippen molar-refractivity contribution in [3.05, 3.63) is 33.8 Å². The summed E-state index contributed by atoms with van der Waals surface area (Å²) < 4.78 is 27.3. The van der Waals surface area contributed by atoms with Crippen molar-refractivity contribution in [1.29, 1.82) is 0 Å². The first-order chi connectivity index (χ1) is 7.50. The third-order valence-corrected chi connectivity index (χ3v) is 3.57. The predicted molar refractivity (Wildman–Crippen MR) is 61.6 cm³/mol. The highest BCUT2D eigenvalue weighted by Gasteiger charge is 2.42. The second-order valence-electron chi connectivity index (χ2n) is 3.95. The molecule has 1 heterocycles. The molecule has 1 aromatic rings. The Morgan fingerprint density at radius 1 is 1.25 bits per heavy atom. The van der Waals surface area contributed by atoms with E-state index in [9.17, 15) is 8.78 Å². The molecule has 1 aromatic carbocycles. The van der Waals surface area contributed by atoms with Gasteiger partial charge in [-0.05, 0) is 30.7 Å². The van der Waals surface area contributed by atoms with Crippen LogP contribution in [0.15, 0.2) is 18.2 Å². The molecule has 0 spiro atoms. The van der Waals surface area contributed by atoms with E-state index in [1.807, 2.05) is 0 Å². The van der Waals surface area contributed by atoms with Crippen LogP contribution in [-0.4, -0.2) is 19.0 Å². The SMILES string of the molecule is FC1(F)CNCCC1c1ccc(Cl)c(Cl)c1. The summed E-state index contributed by atoms with van der Waals surface area (Å²) >= 11 is 11.6. The van der Waals surface area contributed by atoms with Gasteiger partial charge in [0.15, 0.2) is 0 Å². The van der Waals surface area contributed by atoms with E-state index in [4.69, 9.17) is 23.2 Å². The third-order valence-electron chi connectivity index (χ3n) is 2.83. The van der Waals surface area contributed by atoms with Gasteiger partial charge in [0.25, 0.3) is 5.92 Å². The summed E-state index contributed by atoms with van der Waals surface area (Å²) in [4.78, 5) is 0. The molecule has 0 radical (unpaired) electrons. The number of nitrogens with one attached hydrogen (secondary N) is 1. The lowest BCUT2D eigenvalue weighted by atomic mass is 9.87. The normalized spacial score (nSPS) is 24.4. The van der Waals surface area contributed by atoms with Crippen LogP contribution in [0.1, 0.15) is 17.9 Å². The van der Waals surface area contributed by atoms with Crippen molar-refractivity contribution in [2.24, 2.45) is 0 Å². The minimum Gasteiger partial charge on any atom is -0.311 e. The Morgan fingerprint density at radius 3 is 2.62 bits per heavy atom. The summed E-state index contributed by atoms with van der Waals surface area (Å²) in [5.74, 6) is -3.50. The molecule has 0 saturated carbocycles. The number of hydrogen-bond acceptors (Lipinski definition) is 1. The predicted octanol–water partition coefficient (Wildman–Crippen LogP) is 3.71. The van der Waals surface area contributed by atoms with Gasteiger partial charge in [0.05, 0.1) is 22.5 Å². The highest BCUT2D eigenvalue weighted by molar-refractivity contribution is 6.42. The molecule has 88 valence electrons. The number of rotatable bonds is 1. The molecule has 1 fully saturated rings. The molecule has 1 atom stereocenters. The average Bonchev–Trinajstić information content (AvgIpc) is 2.22. The minimum atomic E-state index is -2.73. The zero-order valence-corrected chi connectivity index (χ0v) is 9.95. The van der Waals surface area contributed by atoms with Crippen molar-refractivity contribution in [2.75, 3.05) is 13.1 Å². The van der Waals surface area contributed by atoms with Crippen LogP contribution in [0.5, 0.6) is 0 Å². The second-order valence-corrected chi connectivity index (χ2v) is 4.77. The largest absolute Gasteiger partial charge is 0.311 e. The van der Waals surface area contributed by atoms with E-state index in [-0.39, 0.29) is 6.54 Å². The van der Waals surface area contributed by atoms with Gasteiger partial charge >= 0.3 is 0 Å². The molecule has 1 N–H and O–H groups in total. The van der Waals surface area contributed by atoms with Crippen molar-refractivity contribution < 1.29 is 8.78 Å². The second kappa shape index (κ2) is 4.47. The van der Waals surface area contributed by atoms with Crippen molar-refractivity contribution in [1.82, 2.24) is 5.32 Å². The van der Waals surface area contributed by atoms with Gasteiger partial charge in [-0.25, -0.2) is 8.78 Å². The molecule has 5 heteroatoms. The number of alkyl halides is 2. The fourth-order valence-electron chi connectivity index (χ4n) is 1.98. The van der Waals surface area contributed by atoms with E-state index in [1.165, 1.54) is 6.07 Å². The first kappa shape index (κ1) is 12.1. The Morgan fingerprint density at radius 2 is 2.00 bits per heavy atom. The quantitative estimate of drug-likeness (QED) is 0.817. The topological polar surface area (TPSA) is 12.0 Å². The maximum Gasteiger partial charge on any atom is 0.267 e. The lowest BCUT2D eigenvalue weighted by Gasteiger charge is -2.32. The van der Waals surface area contributed by atoms with Gasteiger partial charge < -0.3 is 5.32 Å². The Kier molecular flexibility index (Phi) is 3.38. The highest BCUT2D eigenvalue weighted by atomic mass is 35.5. The van der Waals surface area contributed by atoms with E-state index in [2.05, 4.69) is 5.32 Å². The minimum absolute atomic E-state index is 0.280. The molecule has 1 saturated heterocycles. The molecule has 0 aliphatic carbocycles. The van der Waals surface area contributed by atoms with Gasteiger partial charge in [-0.3, -0.25) is 0 Å². The number of hydrogen-bond donors (Lipinski definition) is 1. The van der Waals surface area contributed by atoms with Crippen LogP contribution in [0.3, 0.4) is 0 Å². The van der Waals surface area contributed by atoms with Gasteiger partial charge in [-0.1, -0.05) is 29.3 Å². The Hall–Kier alpha value is -0.380. The number of benzene rings is 1. The van der Waals surface area contributed by atoms with Gasteiger partial charge in [-0.15, -0.1) is 0 Å². The standard InChI is InChI=1S/C11H11Cl2F2N/c12-9-2-1-7(5-10(9)13)8-3-4-16-6-11(8,14)15/h1-2,5,8,16H,3-4,6H2. The van der Waals surface area contributed by atoms with E-state index in [1.54, 1.807) is 12.1 Å². The zero-order chi connectivity index (χ0) is 11.8. The van der Waals surface area contributed by atoms with E-state index in [0.717, 1.165) is 0 Å². The van der Waals surface area contributed by atoms with Crippen molar-refractivity contribution in [2.45, 2.75) is 18.3 Å². The molecule has 1 aliphatic rings. The van der Waals surface area contributed by atoms with Gasteiger partial charge in [0, 0.05) is 0 Å². The van der Waals surface area contributed by atoms with Crippen LogP contribution in [0.2, 0.25) is 10.0 Å². The Labute approximate surface area is 103 Å². The summed E-state index contributed by atoms with van der Waals surface area (Å²) in [6.07, 6.45) is 0.408. The molecule has 0 bridgehead atoms. The van der Waals surface area contributed by atoms with Crippen LogP contribution < -0.4 is 5.32 Å². The average molecular weight is 266 g/mol. The smallest absolute Gasteiger partial charge is 0.267 e. The zero-order valence-electron chi connectivity index (χ0n) is 8.44. The molecule has 1 unspecified atom stereocenters. The molecule has 1 nitrogen and oxygen atoms in total. The molecule has 16 heavy (non-hydrogen) atoms. The lowest BCUT2D eigenvalue weighted by molar-refractivity contribution is -0.0420. The summed E-state index contributed by atoms with van der Waals surface area (Å²) in [7, 11) is 0. The number of piperidine rings is 1. The summed E-state index contributed by atoms with van der Waals surface area (Å²) in [5, 5.41) is 3.41. The first-order valence-corrected chi connectivity index (χ1v) is 5.80. The molecule has 0 amide bonds. The van der Waals surface area contributed by atoms with E-state index >= 15 is 0 Å². The fourth-order valence-corrected chi connectivity index (χ4v) is 2.28. The molecule has 0 aromatic heterocycles. The van der Waals surface area contributed by atoms with Gasteiger partial charge in [-0.2, -0.15) is 0 Å². The van der Waals surface area contributed by atoms with Crippen molar-refractivity contribution in [3.8, 4) is 0 Å². The molecule has 1 aliphatic heterocycles.